The van der Waals surface area contributed by atoms with Crippen LogP contribution in [0.2, 0.25) is 0 Å². The third-order valence-corrected chi connectivity index (χ3v) is 5.97. The van der Waals surface area contributed by atoms with E-state index in [0.717, 1.165) is 17.7 Å². The van der Waals surface area contributed by atoms with Crippen molar-refractivity contribution >= 4 is 33.2 Å². The van der Waals surface area contributed by atoms with E-state index in [9.17, 15) is 18.0 Å². The molecule has 1 heterocycles. The number of benzene rings is 2. The fraction of sp³-hybridized carbons (Fsp3) is 0.300. The number of carbonyl (C=O) groups excluding carboxylic acids is 2. The maximum Gasteiger partial charge on any atom is 0.240 e. The Morgan fingerprint density at radius 3 is 2.57 bits per heavy atom. The Kier molecular flexibility index (Phi) is 6.11. The lowest BCUT2D eigenvalue weighted by molar-refractivity contribution is -0.117. The second-order valence-electron chi connectivity index (χ2n) is 6.71. The lowest BCUT2D eigenvalue weighted by atomic mass is 10.2. The van der Waals surface area contributed by atoms with Crippen LogP contribution in [0, 0.1) is 6.92 Å². The number of nitrogens with zero attached hydrogens (tertiary/aromatic N) is 1. The molecule has 0 aliphatic carbocycles. The molecule has 1 aliphatic heterocycles. The van der Waals surface area contributed by atoms with Crippen LogP contribution < -0.4 is 14.9 Å². The first-order valence-corrected chi connectivity index (χ1v) is 10.6. The fourth-order valence-electron chi connectivity index (χ4n) is 3.00. The van der Waals surface area contributed by atoms with Gasteiger partial charge in [-0.25, -0.2) is 13.1 Å². The lowest BCUT2D eigenvalue weighted by Crippen LogP contribution is -2.28. The molecule has 7 nitrogen and oxygen atoms in total. The van der Waals surface area contributed by atoms with Crippen molar-refractivity contribution in [1.29, 1.82) is 0 Å². The van der Waals surface area contributed by atoms with Gasteiger partial charge in [-0.3, -0.25) is 9.59 Å². The summed E-state index contributed by atoms with van der Waals surface area (Å²) >= 11 is 0. The van der Waals surface area contributed by atoms with E-state index in [2.05, 4.69) is 10.0 Å². The van der Waals surface area contributed by atoms with Gasteiger partial charge in [0.05, 0.1) is 4.90 Å². The van der Waals surface area contributed by atoms with Gasteiger partial charge < -0.3 is 10.2 Å². The maximum absolute atomic E-state index is 12.2. The van der Waals surface area contributed by atoms with Crippen molar-refractivity contribution in [3.63, 3.8) is 0 Å². The second kappa shape index (κ2) is 8.53. The molecule has 0 bridgehead atoms. The van der Waals surface area contributed by atoms with E-state index < -0.39 is 10.0 Å². The van der Waals surface area contributed by atoms with E-state index >= 15 is 0 Å². The van der Waals surface area contributed by atoms with E-state index in [1.807, 2.05) is 13.0 Å². The van der Waals surface area contributed by atoms with Gasteiger partial charge >= 0.3 is 0 Å². The quantitative estimate of drug-likeness (QED) is 0.745. The zero-order chi connectivity index (χ0) is 20.1. The molecule has 3 rings (SSSR count). The Bertz CT molecular complexity index is 971. The second-order valence-corrected chi connectivity index (χ2v) is 8.48. The summed E-state index contributed by atoms with van der Waals surface area (Å²) in [4.78, 5) is 25.9. The van der Waals surface area contributed by atoms with Gasteiger partial charge in [-0.05, 0) is 43.7 Å². The number of rotatable bonds is 7. The summed E-state index contributed by atoms with van der Waals surface area (Å²) in [6.45, 7) is 2.55. The number of sulfonamides is 1. The molecule has 0 unspecified atom stereocenters. The van der Waals surface area contributed by atoms with Crippen molar-refractivity contribution in [3.8, 4) is 0 Å². The highest BCUT2D eigenvalue weighted by Crippen LogP contribution is 2.24. The Hall–Kier alpha value is -2.71. The fourth-order valence-corrected chi connectivity index (χ4v) is 4.03. The molecule has 0 aromatic heterocycles. The number of anilines is 2. The number of carbonyl (C=O) groups is 2. The molecule has 0 spiro atoms. The largest absolute Gasteiger partial charge is 0.326 e. The SMILES string of the molecule is Cc1ccc(S(=O)(=O)NCCC(=O)Nc2cccc(N3CCCC3=O)c2)cc1. The zero-order valence-corrected chi connectivity index (χ0v) is 16.5. The average Bonchev–Trinajstić information content (AvgIpc) is 3.08. The minimum atomic E-state index is -3.64. The van der Waals surface area contributed by atoms with E-state index in [-0.39, 0.29) is 29.7 Å². The number of nitrogens with one attached hydrogen (secondary N) is 2. The molecule has 1 fully saturated rings. The van der Waals surface area contributed by atoms with Gasteiger partial charge in [-0.2, -0.15) is 0 Å². The summed E-state index contributed by atoms with van der Waals surface area (Å²) in [5, 5.41) is 2.74. The van der Waals surface area contributed by atoms with Gasteiger partial charge in [0.25, 0.3) is 0 Å². The minimum Gasteiger partial charge on any atom is -0.326 e. The van der Waals surface area contributed by atoms with Crippen molar-refractivity contribution in [2.24, 2.45) is 0 Å². The molecular formula is C20H23N3O4S. The van der Waals surface area contributed by atoms with Crippen LogP contribution in [0.3, 0.4) is 0 Å². The monoisotopic (exact) mass is 401 g/mol. The van der Waals surface area contributed by atoms with Crippen LogP contribution in [0.4, 0.5) is 11.4 Å². The standard InChI is InChI=1S/C20H23N3O4S/c1-15-7-9-18(10-8-15)28(26,27)21-12-11-19(24)22-16-4-2-5-17(14-16)23-13-3-6-20(23)25/h2,4-5,7-10,14,21H,3,6,11-13H2,1H3,(H,22,24). The lowest BCUT2D eigenvalue weighted by Gasteiger charge is -2.16. The van der Waals surface area contributed by atoms with Gasteiger partial charge in [-0.1, -0.05) is 23.8 Å². The van der Waals surface area contributed by atoms with Gasteiger partial charge in [0.15, 0.2) is 0 Å². The number of aryl methyl sites for hydroxylation is 1. The molecule has 148 valence electrons. The molecule has 2 aromatic rings. The molecule has 2 aromatic carbocycles. The number of hydrogen-bond acceptors (Lipinski definition) is 4. The predicted molar refractivity (Wildman–Crippen MR) is 108 cm³/mol. The van der Waals surface area contributed by atoms with E-state index in [4.69, 9.17) is 0 Å². The smallest absolute Gasteiger partial charge is 0.240 e. The molecule has 0 atom stereocenters. The van der Waals surface area contributed by atoms with Gasteiger partial charge in [0.2, 0.25) is 21.8 Å². The van der Waals surface area contributed by atoms with Gasteiger partial charge in [0, 0.05) is 37.3 Å². The summed E-state index contributed by atoms with van der Waals surface area (Å²) in [5.74, 6) is -0.231. The van der Waals surface area contributed by atoms with Crippen LogP contribution in [0.25, 0.3) is 0 Å². The third-order valence-electron chi connectivity index (χ3n) is 4.49. The Labute approximate surface area is 164 Å². The van der Waals surface area contributed by atoms with Crippen molar-refractivity contribution in [2.75, 3.05) is 23.3 Å². The van der Waals surface area contributed by atoms with E-state index in [1.54, 1.807) is 35.2 Å². The number of hydrogen-bond donors (Lipinski definition) is 2. The Morgan fingerprint density at radius 1 is 1.14 bits per heavy atom. The van der Waals surface area contributed by atoms with Crippen LogP contribution in [0.1, 0.15) is 24.8 Å². The van der Waals surface area contributed by atoms with Crippen LogP contribution in [-0.2, 0) is 19.6 Å². The minimum absolute atomic E-state index is 0.00202. The summed E-state index contributed by atoms with van der Waals surface area (Å²) in [6.07, 6.45) is 1.37. The normalized spacial score (nSPS) is 14.3. The summed E-state index contributed by atoms with van der Waals surface area (Å²) < 4.78 is 26.9. The first-order valence-electron chi connectivity index (χ1n) is 9.12. The van der Waals surface area contributed by atoms with Crippen LogP contribution in [0.5, 0.6) is 0 Å². The van der Waals surface area contributed by atoms with Crippen LogP contribution >= 0.6 is 0 Å². The van der Waals surface area contributed by atoms with Gasteiger partial charge in [0.1, 0.15) is 0 Å². The molecule has 28 heavy (non-hydrogen) atoms. The maximum atomic E-state index is 12.2. The molecule has 8 heteroatoms. The Balaban J connectivity index is 1.53. The summed E-state index contributed by atoms with van der Waals surface area (Å²) in [7, 11) is -3.64. The predicted octanol–water partition coefficient (Wildman–Crippen LogP) is 2.43. The first kappa shape index (κ1) is 20.0. The van der Waals surface area contributed by atoms with Crippen LogP contribution in [0.15, 0.2) is 53.4 Å². The highest BCUT2D eigenvalue weighted by Gasteiger charge is 2.21. The third kappa shape index (κ3) is 4.96. The van der Waals surface area contributed by atoms with E-state index in [0.29, 0.717) is 18.7 Å². The average molecular weight is 401 g/mol. The number of amides is 2. The highest BCUT2D eigenvalue weighted by atomic mass is 32.2. The molecule has 2 amide bonds. The van der Waals surface area contributed by atoms with Crippen LogP contribution in [-0.4, -0.2) is 33.3 Å². The first-order chi connectivity index (χ1) is 13.3. The van der Waals surface area contributed by atoms with Gasteiger partial charge in [-0.15, -0.1) is 0 Å². The van der Waals surface area contributed by atoms with E-state index in [1.165, 1.54) is 12.1 Å². The summed E-state index contributed by atoms with van der Waals surface area (Å²) in [6, 6.07) is 13.6. The molecule has 1 aliphatic rings. The van der Waals surface area contributed by atoms with Crippen molar-refractivity contribution in [1.82, 2.24) is 4.72 Å². The molecule has 1 saturated heterocycles. The molecule has 0 radical (unpaired) electrons. The summed E-state index contributed by atoms with van der Waals surface area (Å²) in [5.41, 5.74) is 2.29. The van der Waals surface area contributed by atoms with Crippen molar-refractivity contribution in [3.05, 3.63) is 54.1 Å². The topological polar surface area (TPSA) is 95.6 Å². The van der Waals surface area contributed by atoms with Crippen molar-refractivity contribution < 1.29 is 18.0 Å². The highest BCUT2D eigenvalue weighted by molar-refractivity contribution is 7.89. The molecule has 2 N–H and O–H groups in total. The Morgan fingerprint density at radius 2 is 1.89 bits per heavy atom. The molecular weight excluding hydrogens is 378 g/mol. The zero-order valence-electron chi connectivity index (χ0n) is 15.6. The van der Waals surface area contributed by atoms with Crippen molar-refractivity contribution in [2.45, 2.75) is 31.1 Å². The molecule has 0 saturated carbocycles.